The minimum Gasteiger partial charge on any atom is -0.267 e. The predicted octanol–water partition coefficient (Wildman–Crippen LogP) is 3.89. The molecule has 0 amide bonds. The van der Waals surface area contributed by atoms with Gasteiger partial charge in [0, 0.05) is 5.39 Å². The number of hydrogen-bond acceptors (Lipinski definition) is 3. The molecule has 0 saturated carbocycles. The van der Waals surface area contributed by atoms with E-state index in [-0.39, 0.29) is 10.8 Å². The molecule has 1 aromatic carbocycles. The topological polar surface area (TPSA) is 45.8 Å². The fourth-order valence-corrected chi connectivity index (χ4v) is 3.13. The normalized spacial score (nSPS) is 11.2. The molecule has 102 valence electrons. The zero-order valence-corrected chi connectivity index (χ0v) is 11.7. The third-order valence-electron chi connectivity index (χ3n) is 2.92. The van der Waals surface area contributed by atoms with Gasteiger partial charge < -0.3 is 0 Å². The number of H-pyrrole nitrogens is 1. The maximum absolute atomic E-state index is 13.4. The third-order valence-corrected chi connectivity index (χ3v) is 4.48. The van der Waals surface area contributed by atoms with E-state index in [9.17, 15) is 13.6 Å². The average molecular weight is 313 g/mol. The zero-order chi connectivity index (χ0) is 14.4. The standard InChI is InChI=1S/C13H7ClF2N2OS/c1-5-2-10(20-12(5)14)11-6-3-8(15)9(16)4-7(6)13(19)18-17-11/h2-4H,1H3,(H,18,19). The van der Waals surface area contributed by atoms with Crippen molar-refractivity contribution in [2.24, 2.45) is 0 Å². The highest BCUT2D eigenvalue weighted by molar-refractivity contribution is 7.19. The first-order valence-corrected chi connectivity index (χ1v) is 6.80. The Balaban J connectivity index is 2.39. The van der Waals surface area contributed by atoms with E-state index >= 15 is 0 Å². The van der Waals surface area contributed by atoms with Gasteiger partial charge in [0.05, 0.1) is 14.6 Å². The summed E-state index contributed by atoms with van der Waals surface area (Å²) in [5.74, 6) is -2.09. The molecule has 0 aliphatic heterocycles. The Morgan fingerprint density at radius 2 is 1.85 bits per heavy atom. The van der Waals surface area contributed by atoms with Crippen molar-refractivity contribution in [3.05, 3.63) is 50.1 Å². The number of nitrogens with zero attached hydrogens (tertiary/aromatic N) is 1. The largest absolute Gasteiger partial charge is 0.272 e. The lowest BCUT2D eigenvalue weighted by Crippen LogP contribution is -2.10. The first-order valence-electron chi connectivity index (χ1n) is 5.61. The van der Waals surface area contributed by atoms with Crippen LogP contribution in [-0.2, 0) is 0 Å². The van der Waals surface area contributed by atoms with Crippen LogP contribution in [0.15, 0.2) is 23.0 Å². The number of halogens is 3. The highest BCUT2D eigenvalue weighted by atomic mass is 35.5. The number of benzene rings is 1. The number of thiophene rings is 1. The van der Waals surface area contributed by atoms with Gasteiger partial charge in [0.15, 0.2) is 11.6 Å². The number of fused-ring (bicyclic) bond motifs is 1. The van der Waals surface area contributed by atoms with Crippen LogP contribution < -0.4 is 5.56 Å². The van der Waals surface area contributed by atoms with Gasteiger partial charge in [0.25, 0.3) is 5.56 Å². The smallest absolute Gasteiger partial charge is 0.267 e. The van der Waals surface area contributed by atoms with Crippen LogP contribution in [0.4, 0.5) is 8.78 Å². The highest BCUT2D eigenvalue weighted by Crippen LogP contribution is 2.36. The molecular formula is C13H7ClF2N2OS. The minimum absolute atomic E-state index is 0.0519. The molecule has 1 N–H and O–H groups in total. The summed E-state index contributed by atoms with van der Waals surface area (Å²) in [6, 6.07) is 3.64. The summed E-state index contributed by atoms with van der Waals surface area (Å²) >= 11 is 7.27. The Bertz CT molecular complexity index is 868. The molecule has 0 aliphatic rings. The van der Waals surface area contributed by atoms with Crippen LogP contribution in [-0.4, -0.2) is 10.2 Å². The van der Waals surface area contributed by atoms with Crippen molar-refractivity contribution in [3.8, 4) is 10.6 Å². The predicted molar refractivity (Wildman–Crippen MR) is 75.3 cm³/mol. The number of aromatic amines is 1. The van der Waals surface area contributed by atoms with Crippen molar-refractivity contribution in [2.75, 3.05) is 0 Å². The molecule has 3 nitrogen and oxygen atoms in total. The van der Waals surface area contributed by atoms with Crippen LogP contribution in [0, 0.1) is 18.6 Å². The number of aromatic nitrogens is 2. The SMILES string of the molecule is Cc1cc(-c2n[nH]c(=O)c3cc(F)c(F)cc23)sc1Cl. The first kappa shape index (κ1) is 13.2. The summed E-state index contributed by atoms with van der Waals surface area (Å²) in [5, 5.41) is 6.52. The fourth-order valence-electron chi connectivity index (χ4n) is 1.92. The van der Waals surface area contributed by atoms with E-state index in [0.29, 0.717) is 14.9 Å². The monoisotopic (exact) mass is 312 g/mol. The zero-order valence-electron chi connectivity index (χ0n) is 10.1. The quantitative estimate of drug-likeness (QED) is 0.741. The molecule has 0 bridgehead atoms. The van der Waals surface area contributed by atoms with Crippen LogP contribution in [0.3, 0.4) is 0 Å². The number of aryl methyl sites for hydroxylation is 1. The van der Waals surface area contributed by atoms with Gasteiger partial charge in [0.1, 0.15) is 5.69 Å². The third kappa shape index (κ3) is 2.01. The molecule has 20 heavy (non-hydrogen) atoms. The Hall–Kier alpha value is -1.79. The van der Waals surface area contributed by atoms with Crippen LogP contribution in [0.25, 0.3) is 21.3 Å². The molecule has 0 saturated heterocycles. The molecule has 0 aliphatic carbocycles. The van der Waals surface area contributed by atoms with Crippen molar-refractivity contribution >= 4 is 33.7 Å². The van der Waals surface area contributed by atoms with Gasteiger partial charge in [-0.1, -0.05) is 11.6 Å². The number of nitrogens with one attached hydrogen (secondary N) is 1. The Morgan fingerprint density at radius 3 is 2.45 bits per heavy atom. The van der Waals surface area contributed by atoms with Gasteiger partial charge >= 0.3 is 0 Å². The summed E-state index contributed by atoms with van der Waals surface area (Å²) in [6.07, 6.45) is 0. The average Bonchev–Trinajstić information content (AvgIpc) is 2.72. The lowest BCUT2D eigenvalue weighted by atomic mass is 10.1. The van der Waals surface area contributed by atoms with Crippen molar-refractivity contribution in [1.29, 1.82) is 0 Å². The maximum atomic E-state index is 13.4. The van der Waals surface area contributed by atoms with Crippen molar-refractivity contribution in [1.82, 2.24) is 10.2 Å². The second-order valence-electron chi connectivity index (χ2n) is 4.28. The summed E-state index contributed by atoms with van der Waals surface area (Å²) < 4.78 is 27.3. The molecule has 2 aromatic heterocycles. The lowest BCUT2D eigenvalue weighted by molar-refractivity contribution is 0.511. The molecule has 3 rings (SSSR count). The van der Waals surface area contributed by atoms with Gasteiger partial charge in [0.2, 0.25) is 0 Å². The summed E-state index contributed by atoms with van der Waals surface area (Å²) in [4.78, 5) is 12.3. The Kier molecular flexibility index (Phi) is 3.07. The maximum Gasteiger partial charge on any atom is 0.272 e. The van der Waals surface area contributed by atoms with E-state index in [0.717, 1.165) is 17.7 Å². The molecule has 0 radical (unpaired) electrons. The van der Waals surface area contributed by atoms with Gasteiger partial charge in [-0.15, -0.1) is 11.3 Å². The van der Waals surface area contributed by atoms with Crippen LogP contribution in [0.5, 0.6) is 0 Å². The van der Waals surface area contributed by atoms with Gasteiger partial charge in [-0.05, 0) is 30.7 Å². The molecule has 0 unspecified atom stereocenters. The van der Waals surface area contributed by atoms with Gasteiger partial charge in [-0.25, -0.2) is 13.9 Å². The molecule has 0 atom stereocenters. The van der Waals surface area contributed by atoms with Crippen molar-refractivity contribution < 1.29 is 8.78 Å². The first-order chi connectivity index (χ1) is 9.47. The second-order valence-corrected chi connectivity index (χ2v) is 5.93. The Labute approximate surface area is 120 Å². The van der Waals surface area contributed by atoms with Crippen LogP contribution in [0.2, 0.25) is 4.34 Å². The number of rotatable bonds is 1. The van der Waals surface area contributed by atoms with E-state index in [1.165, 1.54) is 11.3 Å². The molecule has 0 fully saturated rings. The highest BCUT2D eigenvalue weighted by Gasteiger charge is 2.15. The van der Waals surface area contributed by atoms with Crippen molar-refractivity contribution in [2.45, 2.75) is 6.92 Å². The van der Waals surface area contributed by atoms with Crippen LogP contribution in [0.1, 0.15) is 5.56 Å². The molecular weight excluding hydrogens is 306 g/mol. The van der Waals surface area contributed by atoms with E-state index in [4.69, 9.17) is 11.6 Å². The van der Waals surface area contributed by atoms with E-state index in [1.807, 2.05) is 6.92 Å². The number of hydrogen-bond donors (Lipinski definition) is 1. The van der Waals surface area contributed by atoms with Crippen LogP contribution >= 0.6 is 22.9 Å². The summed E-state index contributed by atoms with van der Waals surface area (Å²) in [7, 11) is 0. The van der Waals surface area contributed by atoms with E-state index in [1.54, 1.807) is 6.07 Å². The second kappa shape index (κ2) is 4.64. The van der Waals surface area contributed by atoms with E-state index in [2.05, 4.69) is 10.2 Å². The lowest BCUT2D eigenvalue weighted by Gasteiger charge is -2.03. The van der Waals surface area contributed by atoms with Gasteiger partial charge in [-0.2, -0.15) is 5.10 Å². The Morgan fingerprint density at radius 1 is 1.20 bits per heavy atom. The van der Waals surface area contributed by atoms with Gasteiger partial charge in [-0.3, -0.25) is 4.79 Å². The minimum atomic E-state index is -1.07. The molecule has 3 aromatic rings. The molecule has 7 heteroatoms. The molecule has 2 heterocycles. The molecule has 0 spiro atoms. The summed E-state index contributed by atoms with van der Waals surface area (Å²) in [5.41, 5.74) is 0.663. The van der Waals surface area contributed by atoms with Crippen molar-refractivity contribution in [3.63, 3.8) is 0 Å². The fraction of sp³-hybridized carbons (Fsp3) is 0.0769. The summed E-state index contributed by atoms with van der Waals surface area (Å²) in [6.45, 7) is 1.83. The van der Waals surface area contributed by atoms with E-state index < -0.39 is 17.2 Å².